The average Bonchev–Trinajstić information content (AvgIpc) is 2.74. The van der Waals surface area contributed by atoms with Gasteiger partial charge in [0.15, 0.2) is 0 Å². The molecule has 3 nitrogen and oxygen atoms in total. The Morgan fingerprint density at radius 1 is 1.35 bits per heavy atom. The Bertz CT molecular complexity index is 218. The van der Waals surface area contributed by atoms with Gasteiger partial charge < -0.3 is 15.7 Å². The maximum absolute atomic E-state index is 9.33. The molecule has 0 saturated heterocycles. The first-order valence-corrected chi connectivity index (χ1v) is 7.22. The van der Waals surface area contributed by atoms with Crippen LogP contribution in [0.2, 0.25) is 0 Å². The lowest BCUT2D eigenvalue weighted by atomic mass is 9.99. The highest BCUT2D eigenvalue weighted by molar-refractivity contribution is 4.97. The van der Waals surface area contributed by atoms with Gasteiger partial charge >= 0.3 is 0 Å². The van der Waals surface area contributed by atoms with Crippen LogP contribution in [0.3, 0.4) is 0 Å². The average molecular weight is 242 g/mol. The molecule has 1 fully saturated rings. The zero-order valence-corrected chi connectivity index (χ0v) is 11.8. The SMILES string of the molecule is CCC(CC)CN(CC)C1CCC(N)(CO)C1. The third kappa shape index (κ3) is 3.94. The highest BCUT2D eigenvalue weighted by Crippen LogP contribution is 2.31. The zero-order valence-electron chi connectivity index (χ0n) is 11.8. The summed E-state index contributed by atoms with van der Waals surface area (Å²) in [7, 11) is 0. The molecular weight excluding hydrogens is 212 g/mol. The van der Waals surface area contributed by atoms with Crippen molar-refractivity contribution in [1.29, 1.82) is 0 Å². The van der Waals surface area contributed by atoms with Gasteiger partial charge in [-0.25, -0.2) is 0 Å². The molecule has 1 aliphatic rings. The number of aliphatic hydroxyl groups is 1. The summed E-state index contributed by atoms with van der Waals surface area (Å²) in [5.41, 5.74) is 5.85. The first-order chi connectivity index (χ1) is 8.08. The summed E-state index contributed by atoms with van der Waals surface area (Å²) in [5.74, 6) is 0.803. The lowest BCUT2D eigenvalue weighted by Crippen LogP contribution is -2.44. The van der Waals surface area contributed by atoms with Crippen molar-refractivity contribution in [2.24, 2.45) is 11.7 Å². The Morgan fingerprint density at radius 2 is 2.00 bits per heavy atom. The molecule has 17 heavy (non-hydrogen) atoms. The van der Waals surface area contributed by atoms with Crippen LogP contribution < -0.4 is 5.73 Å². The first kappa shape index (κ1) is 14.9. The van der Waals surface area contributed by atoms with Gasteiger partial charge in [0.2, 0.25) is 0 Å². The molecule has 1 aliphatic carbocycles. The highest BCUT2D eigenvalue weighted by atomic mass is 16.3. The van der Waals surface area contributed by atoms with E-state index < -0.39 is 0 Å². The van der Waals surface area contributed by atoms with E-state index in [0.717, 1.165) is 31.7 Å². The third-order valence-electron chi connectivity index (χ3n) is 4.50. The Morgan fingerprint density at radius 3 is 2.41 bits per heavy atom. The van der Waals surface area contributed by atoms with Gasteiger partial charge in [0.1, 0.15) is 0 Å². The number of aliphatic hydroxyl groups excluding tert-OH is 1. The predicted octanol–water partition coefficient (Wildman–Crippen LogP) is 1.99. The van der Waals surface area contributed by atoms with E-state index in [1.54, 1.807) is 0 Å². The molecule has 0 bridgehead atoms. The number of hydrogen-bond donors (Lipinski definition) is 2. The van der Waals surface area contributed by atoms with Crippen LogP contribution in [-0.4, -0.2) is 41.3 Å². The molecule has 1 saturated carbocycles. The summed E-state index contributed by atoms with van der Waals surface area (Å²) in [6, 6.07) is 0.581. The molecule has 0 aliphatic heterocycles. The molecule has 2 unspecified atom stereocenters. The van der Waals surface area contributed by atoms with Gasteiger partial charge in [0, 0.05) is 18.1 Å². The smallest absolute Gasteiger partial charge is 0.0611 e. The van der Waals surface area contributed by atoms with Crippen LogP contribution in [0, 0.1) is 5.92 Å². The second-order valence-electron chi connectivity index (χ2n) is 5.69. The van der Waals surface area contributed by atoms with Crippen LogP contribution in [0.5, 0.6) is 0 Å². The highest BCUT2D eigenvalue weighted by Gasteiger charge is 2.37. The molecule has 0 spiro atoms. The van der Waals surface area contributed by atoms with E-state index in [0.29, 0.717) is 6.04 Å². The van der Waals surface area contributed by atoms with Crippen LogP contribution in [0.25, 0.3) is 0 Å². The Labute approximate surface area is 106 Å². The van der Waals surface area contributed by atoms with E-state index in [4.69, 9.17) is 5.73 Å². The fraction of sp³-hybridized carbons (Fsp3) is 1.00. The van der Waals surface area contributed by atoms with Crippen molar-refractivity contribution in [2.75, 3.05) is 19.7 Å². The van der Waals surface area contributed by atoms with E-state index >= 15 is 0 Å². The van der Waals surface area contributed by atoms with E-state index in [-0.39, 0.29) is 12.1 Å². The standard InChI is InChI=1S/C14H30N2O/c1-4-12(5-2)10-16(6-3)13-7-8-14(15,9-13)11-17/h12-13,17H,4-11,15H2,1-3H3. The van der Waals surface area contributed by atoms with Crippen molar-refractivity contribution in [3.05, 3.63) is 0 Å². The Kier molecular flexibility index (Phi) is 5.90. The van der Waals surface area contributed by atoms with Gasteiger partial charge in [0.25, 0.3) is 0 Å². The van der Waals surface area contributed by atoms with Gasteiger partial charge in [0.05, 0.1) is 6.61 Å². The number of hydrogen-bond acceptors (Lipinski definition) is 3. The fourth-order valence-corrected chi connectivity index (χ4v) is 3.00. The Hall–Kier alpha value is -0.120. The monoisotopic (exact) mass is 242 g/mol. The van der Waals surface area contributed by atoms with E-state index in [1.807, 2.05) is 0 Å². The summed E-state index contributed by atoms with van der Waals surface area (Å²) in [6.07, 6.45) is 5.58. The minimum atomic E-state index is -0.313. The van der Waals surface area contributed by atoms with E-state index in [2.05, 4.69) is 25.7 Å². The molecule has 102 valence electrons. The number of nitrogens with zero attached hydrogens (tertiary/aromatic N) is 1. The second-order valence-corrected chi connectivity index (χ2v) is 5.69. The van der Waals surface area contributed by atoms with E-state index in [9.17, 15) is 5.11 Å². The number of rotatable bonds is 7. The molecule has 2 atom stereocenters. The normalized spacial score (nSPS) is 29.5. The van der Waals surface area contributed by atoms with Gasteiger partial charge in [-0.15, -0.1) is 0 Å². The van der Waals surface area contributed by atoms with Crippen molar-refractivity contribution in [2.45, 2.75) is 64.5 Å². The van der Waals surface area contributed by atoms with Crippen molar-refractivity contribution in [3.8, 4) is 0 Å². The van der Waals surface area contributed by atoms with Gasteiger partial charge in [-0.2, -0.15) is 0 Å². The maximum atomic E-state index is 9.33. The van der Waals surface area contributed by atoms with Crippen LogP contribution in [-0.2, 0) is 0 Å². The molecule has 1 rings (SSSR count). The maximum Gasteiger partial charge on any atom is 0.0611 e. The van der Waals surface area contributed by atoms with Crippen molar-refractivity contribution in [1.82, 2.24) is 4.90 Å². The topological polar surface area (TPSA) is 49.5 Å². The molecule has 3 heteroatoms. The summed E-state index contributed by atoms with van der Waals surface area (Å²) in [4.78, 5) is 2.57. The molecule has 0 heterocycles. The first-order valence-electron chi connectivity index (χ1n) is 7.22. The molecule has 0 amide bonds. The van der Waals surface area contributed by atoms with Gasteiger partial charge in [-0.05, 0) is 31.7 Å². The molecule has 0 radical (unpaired) electrons. The van der Waals surface area contributed by atoms with Crippen molar-refractivity contribution >= 4 is 0 Å². The van der Waals surface area contributed by atoms with Crippen molar-refractivity contribution in [3.63, 3.8) is 0 Å². The van der Waals surface area contributed by atoms with Crippen molar-refractivity contribution < 1.29 is 5.11 Å². The molecule has 3 N–H and O–H groups in total. The summed E-state index contributed by atoms with van der Waals surface area (Å²) < 4.78 is 0. The largest absolute Gasteiger partial charge is 0.394 e. The molecule has 0 aromatic rings. The molecule has 0 aromatic carbocycles. The minimum absolute atomic E-state index is 0.131. The van der Waals surface area contributed by atoms with Crippen LogP contribution in [0.15, 0.2) is 0 Å². The summed E-state index contributed by atoms with van der Waals surface area (Å²) in [6.45, 7) is 9.21. The molecular formula is C14H30N2O. The number of nitrogens with two attached hydrogens (primary N) is 1. The van der Waals surface area contributed by atoms with Gasteiger partial charge in [-0.1, -0.05) is 33.6 Å². The lowest BCUT2D eigenvalue weighted by Gasteiger charge is -2.32. The van der Waals surface area contributed by atoms with E-state index in [1.165, 1.54) is 19.4 Å². The lowest BCUT2D eigenvalue weighted by molar-refractivity contribution is 0.151. The van der Waals surface area contributed by atoms with Crippen LogP contribution in [0.1, 0.15) is 52.9 Å². The third-order valence-corrected chi connectivity index (χ3v) is 4.50. The summed E-state index contributed by atoms with van der Waals surface area (Å²) >= 11 is 0. The second kappa shape index (κ2) is 6.72. The quantitative estimate of drug-likeness (QED) is 0.718. The predicted molar refractivity (Wildman–Crippen MR) is 73.0 cm³/mol. The Balaban J connectivity index is 2.52. The zero-order chi connectivity index (χ0) is 12.9. The van der Waals surface area contributed by atoms with Crippen LogP contribution in [0.4, 0.5) is 0 Å². The minimum Gasteiger partial charge on any atom is -0.394 e. The van der Waals surface area contributed by atoms with Gasteiger partial charge in [-0.3, -0.25) is 0 Å². The molecule has 0 aromatic heterocycles. The summed E-state index contributed by atoms with van der Waals surface area (Å²) in [5, 5.41) is 9.33. The fourth-order valence-electron chi connectivity index (χ4n) is 3.00. The van der Waals surface area contributed by atoms with Crippen LogP contribution >= 0.6 is 0 Å².